The number of rotatable bonds is 1. The van der Waals surface area contributed by atoms with E-state index in [1.54, 1.807) is 6.08 Å². The zero-order valence-electron chi connectivity index (χ0n) is 10.3. The molecule has 3 rings (SSSR count). The van der Waals surface area contributed by atoms with Gasteiger partial charge in [-0.25, -0.2) is 0 Å². The van der Waals surface area contributed by atoms with Crippen molar-refractivity contribution in [2.24, 2.45) is 0 Å². The first-order valence-corrected chi connectivity index (χ1v) is 6.16. The van der Waals surface area contributed by atoms with Gasteiger partial charge in [-0.15, -0.1) is 0 Å². The fourth-order valence-electron chi connectivity index (χ4n) is 1.78. The van der Waals surface area contributed by atoms with Crippen molar-refractivity contribution in [3.63, 3.8) is 0 Å². The first kappa shape index (κ1) is 12.3. The van der Waals surface area contributed by atoms with E-state index in [4.69, 9.17) is 0 Å². The SMILES string of the molecule is O=C1C=CCC1.c1ccc(-c2ccccc2)cc1. The van der Waals surface area contributed by atoms with Crippen LogP contribution in [0.5, 0.6) is 0 Å². The number of carbonyl (C=O) groups excluding carboxylic acids is 1. The quantitative estimate of drug-likeness (QED) is 0.723. The molecule has 2 aromatic carbocycles. The van der Waals surface area contributed by atoms with Gasteiger partial charge in [-0.05, 0) is 23.6 Å². The third kappa shape index (κ3) is 3.70. The van der Waals surface area contributed by atoms with Crippen molar-refractivity contribution in [2.75, 3.05) is 0 Å². The second kappa shape index (κ2) is 6.55. The number of carbonyl (C=O) groups is 1. The minimum Gasteiger partial charge on any atom is -0.295 e. The van der Waals surface area contributed by atoms with E-state index < -0.39 is 0 Å². The van der Waals surface area contributed by atoms with Crippen molar-refractivity contribution in [2.45, 2.75) is 12.8 Å². The van der Waals surface area contributed by atoms with Gasteiger partial charge in [-0.1, -0.05) is 66.7 Å². The maximum atomic E-state index is 10.2. The van der Waals surface area contributed by atoms with Gasteiger partial charge in [0.15, 0.2) is 5.78 Å². The van der Waals surface area contributed by atoms with Crippen molar-refractivity contribution in [1.82, 2.24) is 0 Å². The van der Waals surface area contributed by atoms with Gasteiger partial charge < -0.3 is 0 Å². The van der Waals surface area contributed by atoms with Gasteiger partial charge in [0, 0.05) is 6.42 Å². The molecule has 1 aliphatic carbocycles. The fourth-order valence-corrected chi connectivity index (χ4v) is 1.78. The van der Waals surface area contributed by atoms with Crippen molar-refractivity contribution in [1.29, 1.82) is 0 Å². The minimum atomic E-state index is 0.273. The lowest BCUT2D eigenvalue weighted by Gasteiger charge is -1.98. The van der Waals surface area contributed by atoms with Crippen molar-refractivity contribution in [3.05, 3.63) is 72.8 Å². The molecule has 0 fully saturated rings. The summed E-state index contributed by atoms with van der Waals surface area (Å²) >= 11 is 0. The molecule has 1 aliphatic rings. The Labute approximate surface area is 108 Å². The Morgan fingerprint density at radius 3 is 1.50 bits per heavy atom. The van der Waals surface area contributed by atoms with E-state index >= 15 is 0 Å². The van der Waals surface area contributed by atoms with E-state index in [0.29, 0.717) is 0 Å². The van der Waals surface area contributed by atoms with Gasteiger partial charge in [0.2, 0.25) is 0 Å². The smallest absolute Gasteiger partial charge is 0.155 e. The molecule has 0 saturated carbocycles. The summed E-state index contributed by atoms with van der Waals surface area (Å²) in [6, 6.07) is 20.8. The van der Waals surface area contributed by atoms with E-state index in [9.17, 15) is 4.79 Å². The molecule has 0 unspecified atom stereocenters. The predicted molar refractivity (Wildman–Crippen MR) is 75.3 cm³/mol. The summed E-state index contributed by atoms with van der Waals surface area (Å²) in [4.78, 5) is 10.2. The maximum absolute atomic E-state index is 10.2. The molecule has 1 nitrogen and oxygen atoms in total. The summed E-state index contributed by atoms with van der Waals surface area (Å²) in [5, 5.41) is 0. The number of hydrogen-bond acceptors (Lipinski definition) is 1. The zero-order chi connectivity index (χ0) is 12.6. The molecule has 90 valence electrons. The molecule has 0 radical (unpaired) electrons. The molecule has 0 amide bonds. The average Bonchev–Trinajstić information content (AvgIpc) is 2.93. The molecule has 0 aromatic heterocycles. The van der Waals surface area contributed by atoms with E-state index in [2.05, 4.69) is 48.5 Å². The maximum Gasteiger partial charge on any atom is 0.155 e. The monoisotopic (exact) mass is 236 g/mol. The second-order valence-corrected chi connectivity index (χ2v) is 4.14. The second-order valence-electron chi connectivity index (χ2n) is 4.14. The molecular formula is C17H16O. The average molecular weight is 236 g/mol. The summed E-state index contributed by atoms with van der Waals surface area (Å²) in [7, 11) is 0. The highest BCUT2D eigenvalue weighted by atomic mass is 16.1. The molecule has 0 heterocycles. The molecular weight excluding hydrogens is 220 g/mol. The van der Waals surface area contributed by atoms with Crippen molar-refractivity contribution >= 4 is 5.78 Å². The van der Waals surface area contributed by atoms with Crippen LogP contribution in [0.4, 0.5) is 0 Å². The topological polar surface area (TPSA) is 17.1 Å². The van der Waals surface area contributed by atoms with Gasteiger partial charge >= 0.3 is 0 Å². The summed E-state index contributed by atoms with van der Waals surface area (Å²) in [5.41, 5.74) is 2.55. The standard InChI is InChI=1S/C12H10.C5H6O/c1-3-7-11(8-4-1)12-9-5-2-6-10-12;6-5-3-1-2-4-5/h1-10H;1,3H,2,4H2. The van der Waals surface area contributed by atoms with Crippen molar-refractivity contribution < 1.29 is 4.79 Å². The van der Waals surface area contributed by atoms with Gasteiger partial charge in [0.05, 0.1) is 0 Å². The molecule has 0 N–H and O–H groups in total. The Hall–Kier alpha value is -2.15. The van der Waals surface area contributed by atoms with Crippen LogP contribution in [0.25, 0.3) is 11.1 Å². The molecule has 0 saturated heterocycles. The zero-order valence-corrected chi connectivity index (χ0v) is 10.3. The molecule has 0 bridgehead atoms. The van der Waals surface area contributed by atoms with Gasteiger partial charge in [-0.3, -0.25) is 4.79 Å². The van der Waals surface area contributed by atoms with Gasteiger partial charge in [0.25, 0.3) is 0 Å². The van der Waals surface area contributed by atoms with Gasteiger partial charge in [-0.2, -0.15) is 0 Å². The van der Waals surface area contributed by atoms with Crippen LogP contribution in [0.1, 0.15) is 12.8 Å². The lowest BCUT2D eigenvalue weighted by molar-refractivity contribution is -0.114. The highest BCUT2D eigenvalue weighted by Crippen LogP contribution is 2.17. The lowest BCUT2D eigenvalue weighted by Crippen LogP contribution is -1.80. The van der Waals surface area contributed by atoms with E-state index in [-0.39, 0.29) is 5.78 Å². The normalized spacial score (nSPS) is 13.0. The number of ketones is 1. The highest BCUT2D eigenvalue weighted by Gasteiger charge is 1.98. The van der Waals surface area contributed by atoms with E-state index in [1.807, 2.05) is 18.2 Å². The number of benzene rings is 2. The number of hydrogen-bond donors (Lipinski definition) is 0. The molecule has 0 spiro atoms. The van der Waals surface area contributed by atoms with Crippen LogP contribution >= 0.6 is 0 Å². The van der Waals surface area contributed by atoms with E-state index in [1.165, 1.54) is 11.1 Å². The molecule has 0 atom stereocenters. The van der Waals surface area contributed by atoms with Crippen LogP contribution < -0.4 is 0 Å². The van der Waals surface area contributed by atoms with Crippen LogP contribution in [0, 0.1) is 0 Å². The largest absolute Gasteiger partial charge is 0.295 e. The minimum absolute atomic E-state index is 0.273. The molecule has 2 aromatic rings. The molecule has 1 heteroatoms. The summed E-state index contributed by atoms with van der Waals surface area (Å²) < 4.78 is 0. The van der Waals surface area contributed by atoms with Crippen LogP contribution in [0.3, 0.4) is 0 Å². The van der Waals surface area contributed by atoms with Gasteiger partial charge in [0.1, 0.15) is 0 Å². The Kier molecular flexibility index (Phi) is 4.48. The Bertz CT molecular complexity index is 474. The van der Waals surface area contributed by atoms with Crippen LogP contribution in [-0.4, -0.2) is 5.78 Å². The Morgan fingerprint density at radius 1 is 0.722 bits per heavy atom. The first-order chi connectivity index (χ1) is 8.86. The number of allylic oxidation sites excluding steroid dienone is 2. The highest BCUT2D eigenvalue weighted by molar-refractivity contribution is 5.91. The van der Waals surface area contributed by atoms with E-state index in [0.717, 1.165) is 12.8 Å². The molecule has 0 aliphatic heterocycles. The van der Waals surface area contributed by atoms with Crippen LogP contribution in [0.2, 0.25) is 0 Å². The van der Waals surface area contributed by atoms with Crippen LogP contribution in [-0.2, 0) is 4.79 Å². The van der Waals surface area contributed by atoms with Crippen LogP contribution in [0.15, 0.2) is 72.8 Å². The third-order valence-electron chi connectivity index (χ3n) is 2.74. The molecule has 18 heavy (non-hydrogen) atoms. The lowest BCUT2D eigenvalue weighted by atomic mass is 10.1. The summed E-state index contributed by atoms with van der Waals surface area (Å²) in [6.45, 7) is 0. The fraction of sp³-hybridized carbons (Fsp3) is 0.118. The third-order valence-corrected chi connectivity index (χ3v) is 2.74. The predicted octanol–water partition coefficient (Wildman–Crippen LogP) is 4.26. The summed E-state index contributed by atoms with van der Waals surface area (Å²) in [5.74, 6) is 0.273. The Balaban J connectivity index is 0.000000169. The summed E-state index contributed by atoms with van der Waals surface area (Å²) in [6.07, 6.45) is 5.24. The van der Waals surface area contributed by atoms with Crippen molar-refractivity contribution in [3.8, 4) is 11.1 Å². The Morgan fingerprint density at radius 2 is 1.22 bits per heavy atom. The first-order valence-electron chi connectivity index (χ1n) is 6.16.